The van der Waals surface area contributed by atoms with Crippen LogP contribution in [0.25, 0.3) is 0 Å². The summed E-state index contributed by atoms with van der Waals surface area (Å²) in [4.78, 5) is 4.21. The van der Waals surface area contributed by atoms with Crippen LogP contribution < -0.4 is 29.6 Å². The van der Waals surface area contributed by atoms with Gasteiger partial charge >= 0.3 is 0 Å². The molecule has 0 aliphatic rings. The van der Waals surface area contributed by atoms with Gasteiger partial charge in [0.2, 0.25) is 5.75 Å². The third-order valence-corrected chi connectivity index (χ3v) is 4.12. The van der Waals surface area contributed by atoms with Gasteiger partial charge in [0.1, 0.15) is 17.7 Å². The van der Waals surface area contributed by atoms with Gasteiger partial charge in [0.15, 0.2) is 17.5 Å². The number of halogens is 2. The molecule has 0 aromatic heterocycles. The standard InChI is InChI=1S/C21H28FN3O4.HI/c1-14(29-17-8-6-16(22)7-9-17)12-24-21(23-2)25-13-15-10-18(26-3)20(28-5)19(11-15)27-4;/h6-11,14H,12-13H2,1-5H3,(H2,23,24,25);1H. The van der Waals surface area contributed by atoms with E-state index in [9.17, 15) is 4.39 Å². The van der Waals surface area contributed by atoms with E-state index >= 15 is 0 Å². The first kappa shape index (κ1) is 25.6. The van der Waals surface area contributed by atoms with Crippen molar-refractivity contribution in [2.75, 3.05) is 34.9 Å². The SMILES string of the molecule is CN=C(NCc1cc(OC)c(OC)c(OC)c1)NCC(C)Oc1ccc(F)cc1.I. The number of nitrogens with zero attached hydrogens (tertiary/aromatic N) is 1. The molecule has 1 unspecified atom stereocenters. The van der Waals surface area contributed by atoms with Gasteiger partial charge in [0.25, 0.3) is 0 Å². The van der Waals surface area contributed by atoms with Crippen LogP contribution in [-0.4, -0.2) is 47.0 Å². The summed E-state index contributed by atoms with van der Waals surface area (Å²) in [7, 11) is 6.42. The molecular formula is C21H29FIN3O4. The lowest BCUT2D eigenvalue weighted by molar-refractivity contribution is 0.223. The van der Waals surface area contributed by atoms with Crippen molar-refractivity contribution in [3.05, 3.63) is 47.8 Å². The van der Waals surface area contributed by atoms with Crippen molar-refractivity contribution in [3.8, 4) is 23.0 Å². The van der Waals surface area contributed by atoms with E-state index < -0.39 is 0 Å². The summed E-state index contributed by atoms with van der Waals surface area (Å²) in [6.07, 6.45) is -0.139. The van der Waals surface area contributed by atoms with E-state index in [-0.39, 0.29) is 35.9 Å². The molecule has 0 spiro atoms. The second-order valence-corrected chi connectivity index (χ2v) is 6.22. The molecule has 1 atom stereocenters. The monoisotopic (exact) mass is 533 g/mol. The maximum Gasteiger partial charge on any atom is 0.203 e. The second-order valence-electron chi connectivity index (χ2n) is 6.22. The Morgan fingerprint density at radius 2 is 1.60 bits per heavy atom. The number of rotatable bonds is 9. The van der Waals surface area contributed by atoms with Crippen LogP contribution in [0.5, 0.6) is 23.0 Å². The smallest absolute Gasteiger partial charge is 0.203 e. The number of ether oxygens (including phenoxy) is 4. The molecule has 0 radical (unpaired) electrons. The van der Waals surface area contributed by atoms with Crippen molar-refractivity contribution in [1.82, 2.24) is 10.6 Å². The lowest BCUT2D eigenvalue weighted by atomic mass is 10.2. The second kappa shape index (κ2) is 13.0. The zero-order chi connectivity index (χ0) is 21.2. The van der Waals surface area contributed by atoms with E-state index in [0.29, 0.717) is 42.0 Å². The van der Waals surface area contributed by atoms with E-state index in [1.807, 2.05) is 19.1 Å². The van der Waals surface area contributed by atoms with Gasteiger partial charge in [0, 0.05) is 13.6 Å². The Kier molecular flexibility index (Phi) is 11.1. The van der Waals surface area contributed by atoms with Crippen molar-refractivity contribution in [2.45, 2.75) is 19.6 Å². The van der Waals surface area contributed by atoms with Crippen LogP contribution in [-0.2, 0) is 6.54 Å². The molecule has 0 amide bonds. The molecule has 0 aliphatic carbocycles. The minimum absolute atomic E-state index is 0. The normalized spacial score (nSPS) is 11.7. The number of methoxy groups -OCH3 is 3. The Bertz CT molecular complexity index is 793. The van der Waals surface area contributed by atoms with Gasteiger partial charge in [-0.15, -0.1) is 24.0 Å². The fourth-order valence-corrected chi connectivity index (χ4v) is 2.67. The predicted molar refractivity (Wildman–Crippen MR) is 126 cm³/mol. The summed E-state index contributed by atoms with van der Waals surface area (Å²) >= 11 is 0. The van der Waals surface area contributed by atoms with E-state index in [4.69, 9.17) is 18.9 Å². The Labute approximate surface area is 194 Å². The van der Waals surface area contributed by atoms with Crippen molar-refractivity contribution < 1.29 is 23.3 Å². The Morgan fingerprint density at radius 1 is 1.00 bits per heavy atom. The first-order valence-electron chi connectivity index (χ1n) is 9.16. The molecule has 0 saturated heterocycles. The highest BCUT2D eigenvalue weighted by Gasteiger charge is 2.13. The number of guanidine groups is 1. The minimum atomic E-state index is -0.292. The maximum atomic E-state index is 13.0. The van der Waals surface area contributed by atoms with Crippen LogP contribution in [0.2, 0.25) is 0 Å². The highest BCUT2D eigenvalue weighted by atomic mass is 127. The summed E-state index contributed by atoms with van der Waals surface area (Å²) in [6.45, 7) is 2.94. The van der Waals surface area contributed by atoms with Gasteiger partial charge in [-0.05, 0) is 48.9 Å². The van der Waals surface area contributed by atoms with Crippen LogP contribution in [0.4, 0.5) is 4.39 Å². The quantitative estimate of drug-likeness (QED) is 0.292. The zero-order valence-corrected chi connectivity index (χ0v) is 20.2. The predicted octanol–water partition coefficient (Wildman–Crippen LogP) is 3.60. The van der Waals surface area contributed by atoms with Crippen molar-refractivity contribution >= 4 is 29.9 Å². The molecule has 9 heteroatoms. The molecule has 7 nitrogen and oxygen atoms in total. The van der Waals surface area contributed by atoms with E-state index in [1.165, 1.54) is 12.1 Å². The Hall–Kier alpha value is -2.43. The largest absolute Gasteiger partial charge is 0.493 e. The maximum absolute atomic E-state index is 13.0. The summed E-state index contributed by atoms with van der Waals surface area (Å²) in [6, 6.07) is 9.69. The lowest BCUT2D eigenvalue weighted by Crippen LogP contribution is -2.41. The van der Waals surface area contributed by atoms with E-state index in [0.717, 1.165) is 5.56 Å². The molecule has 0 saturated carbocycles. The summed E-state index contributed by atoms with van der Waals surface area (Å²) in [5.74, 6) is 2.67. The van der Waals surface area contributed by atoms with Crippen molar-refractivity contribution in [1.29, 1.82) is 0 Å². The van der Waals surface area contributed by atoms with Crippen LogP contribution >= 0.6 is 24.0 Å². The molecule has 0 bridgehead atoms. The lowest BCUT2D eigenvalue weighted by Gasteiger charge is -2.18. The average Bonchev–Trinajstić information content (AvgIpc) is 2.74. The average molecular weight is 533 g/mol. The highest BCUT2D eigenvalue weighted by molar-refractivity contribution is 14.0. The van der Waals surface area contributed by atoms with Gasteiger partial charge in [0.05, 0.1) is 27.9 Å². The number of hydrogen-bond donors (Lipinski definition) is 2. The number of nitrogens with one attached hydrogen (secondary N) is 2. The first-order valence-corrected chi connectivity index (χ1v) is 9.16. The zero-order valence-electron chi connectivity index (χ0n) is 17.8. The molecule has 166 valence electrons. The summed E-state index contributed by atoms with van der Waals surface area (Å²) in [5, 5.41) is 6.44. The van der Waals surface area contributed by atoms with Gasteiger partial charge < -0.3 is 29.6 Å². The van der Waals surface area contributed by atoms with Crippen molar-refractivity contribution in [2.24, 2.45) is 4.99 Å². The fraction of sp³-hybridized carbons (Fsp3) is 0.381. The van der Waals surface area contributed by atoms with Crippen molar-refractivity contribution in [3.63, 3.8) is 0 Å². The topological polar surface area (TPSA) is 73.3 Å². The molecule has 30 heavy (non-hydrogen) atoms. The number of benzene rings is 2. The number of hydrogen-bond acceptors (Lipinski definition) is 5. The molecule has 2 N–H and O–H groups in total. The van der Waals surface area contributed by atoms with Gasteiger partial charge in [-0.2, -0.15) is 0 Å². The third-order valence-electron chi connectivity index (χ3n) is 4.12. The van der Waals surface area contributed by atoms with E-state index in [2.05, 4.69) is 15.6 Å². The van der Waals surface area contributed by atoms with Crippen LogP contribution in [0.1, 0.15) is 12.5 Å². The molecular weight excluding hydrogens is 504 g/mol. The molecule has 2 rings (SSSR count). The number of aliphatic imine (C=N–C) groups is 1. The van der Waals surface area contributed by atoms with Gasteiger partial charge in [-0.1, -0.05) is 0 Å². The first-order chi connectivity index (χ1) is 14.0. The summed E-state index contributed by atoms with van der Waals surface area (Å²) < 4.78 is 34.8. The van der Waals surface area contributed by atoms with Crippen LogP contribution in [0, 0.1) is 5.82 Å². The highest BCUT2D eigenvalue weighted by Crippen LogP contribution is 2.38. The van der Waals surface area contributed by atoms with Crippen LogP contribution in [0.3, 0.4) is 0 Å². The third kappa shape index (κ3) is 7.43. The summed E-state index contributed by atoms with van der Waals surface area (Å²) in [5.41, 5.74) is 0.943. The van der Waals surface area contributed by atoms with Gasteiger partial charge in [-0.3, -0.25) is 4.99 Å². The fourth-order valence-electron chi connectivity index (χ4n) is 2.67. The Balaban J connectivity index is 0.00000450. The molecule has 2 aromatic carbocycles. The molecule has 2 aromatic rings. The molecule has 0 aliphatic heterocycles. The van der Waals surface area contributed by atoms with Crippen LogP contribution in [0.15, 0.2) is 41.4 Å². The Morgan fingerprint density at radius 3 is 2.10 bits per heavy atom. The van der Waals surface area contributed by atoms with Gasteiger partial charge in [-0.25, -0.2) is 4.39 Å². The van der Waals surface area contributed by atoms with E-state index in [1.54, 1.807) is 40.5 Å². The molecule has 0 fully saturated rings. The minimum Gasteiger partial charge on any atom is -0.493 e. The molecule has 0 heterocycles.